The molecule has 20 heavy (non-hydrogen) atoms. The summed E-state index contributed by atoms with van der Waals surface area (Å²) in [6.45, 7) is 0.330. The molecule has 0 radical (unpaired) electrons. The summed E-state index contributed by atoms with van der Waals surface area (Å²) in [6, 6.07) is 10.7. The van der Waals surface area contributed by atoms with Crippen LogP contribution in [0.4, 0.5) is 4.39 Å². The predicted octanol–water partition coefficient (Wildman–Crippen LogP) is 3.57. The number of hydrogen-bond acceptors (Lipinski definition) is 2. The molecule has 0 unspecified atom stereocenters. The zero-order valence-electron chi connectivity index (χ0n) is 10.8. The van der Waals surface area contributed by atoms with Crippen LogP contribution in [0.5, 0.6) is 5.75 Å². The second kappa shape index (κ2) is 6.05. The highest BCUT2D eigenvalue weighted by molar-refractivity contribution is 9.10. The Balaban J connectivity index is 2.18. The van der Waals surface area contributed by atoms with Crippen molar-refractivity contribution in [3.63, 3.8) is 0 Å². The van der Waals surface area contributed by atoms with Gasteiger partial charge >= 0.3 is 0 Å². The van der Waals surface area contributed by atoms with Gasteiger partial charge in [-0.25, -0.2) is 4.39 Å². The largest absolute Gasteiger partial charge is 0.508 e. The fraction of sp³-hybridized carbons (Fsp3) is 0.133. The average Bonchev–Trinajstić information content (AvgIpc) is 2.40. The van der Waals surface area contributed by atoms with E-state index in [1.165, 1.54) is 23.1 Å². The van der Waals surface area contributed by atoms with Crippen LogP contribution >= 0.6 is 15.9 Å². The fourth-order valence-electron chi connectivity index (χ4n) is 1.87. The molecular weight excluding hydrogens is 325 g/mol. The standard InChI is InChI=1S/C15H13BrFNO2/c1-18(9-10-3-2-4-12(19)7-10)15(20)13-8-11(17)5-6-14(13)16/h2-8,19H,9H2,1H3. The second-order valence-electron chi connectivity index (χ2n) is 4.46. The molecule has 2 rings (SSSR count). The summed E-state index contributed by atoms with van der Waals surface area (Å²) in [6.07, 6.45) is 0. The lowest BCUT2D eigenvalue weighted by Crippen LogP contribution is -2.26. The Bertz CT molecular complexity index is 646. The van der Waals surface area contributed by atoms with E-state index < -0.39 is 5.82 Å². The Labute approximate surface area is 124 Å². The summed E-state index contributed by atoms with van der Waals surface area (Å²) in [5.41, 5.74) is 1.07. The minimum Gasteiger partial charge on any atom is -0.508 e. The van der Waals surface area contributed by atoms with E-state index in [0.29, 0.717) is 11.0 Å². The smallest absolute Gasteiger partial charge is 0.255 e. The number of amides is 1. The Morgan fingerprint density at radius 1 is 1.30 bits per heavy atom. The first-order chi connectivity index (χ1) is 9.47. The van der Waals surface area contributed by atoms with Crippen LogP contribution in [0.2, 0.25) is 0 Å². The van der Waals surface area contributed by atoms with Crippen molar-refractivity contribution < 1.29 is 14.3 Å². The predicted molar refractivity (Wildman–Crippen MR) is 78.0 cm³/mol. The Morgan fingerprint density at radius 2 is 2.05 bits per heavy atom. The molecule has 0 aliphatic heterocycles. The van der Waals surface area contributed by atoms with Gasteiger partial charge in [-0.2, -0.15) is 0 Å². The highest BCUT2D eigenvalue weighted by atomic mass is 79.9. The van der Waals surface area contributed by atoms with Crippen LogP contribution in [0.15, 0.2) is 46.9 Å². The van der Waals surface area contributed by atoms with Crippen molar-refractivity contribution >= 4 is 21.8 Å². The summed E-state index contributed by atoms with van der Waals surface area (Å²) in [4.78, 5) is 13.7. The number of halogens is 2. The normalized spacial score (nSPS) is 10.3. The van der Waals surface area contributed by atoms with Gasteiger partial charge in [-0.05, 0) is 51.8 Å². The number of aromatic hydroxyl groups is 1. The van der Waals surface area contributed by atoms with Crippen LogP contribution in [0.3, 0.4) is 0 Å². The van der Waals surface area contributed by atoms with Crippen LogP contribution in [-0.4, -0.2) is 23.0 Å². The molecule has 0 fully saturated rings. The minimum absolute atomic E-state index is 0.148. The molecular formula is C15H13BrFNO2. The van der Waals surface area contributed by atoms with Crippen molar-refractivity contribution in [1.29, 1.82) is 0 Å². The van der Waals surface area contributed by atoms with E-state index in [4.69, 9.17) is 0 Å². The maximum atomic E-state index is 13.2. The topological polar surface area (TPSA) is 40.5 Å². The molecule has 2 aromatic rings. The first kappa shape index (κ1) is 14.5. The summed E-state index contributed by atoms with van der Waals surface area (Å²) < 4.78 is 13.8. The molecule has 3 nitrogen and oxygen atoms in total. The van der Waals surface area contributed by atoms with E-state index in [1.807, 2.05) is 6.07 Å². The van der Waals surface area contributed by atoms with Gasteiger partial charge in [0.15, 0.2) is 0 Å². The van der Waals surface area contributed by atoms with Gasteiger partial charge in [0.25, 0.3) is 5.91 Å². The van der Waals surface area contributed by atoms with Crippen molar-refractivity contribution in [2.45, 2.75) is 6.54 Å². The number of phenols is 1. The van der Waals surface area contributed by atoms with Crippen LogP contribution in [-0.2, 0) is 6.54 Å². The zero-order chi connectivity index (χ0) is 14.7. The lowest BCUT2D eigenvalue weighted by Gasteiger charge is -2.18. The molecule has 0 spiro atoms. The Hall–Kier alpha value is -1.88. The molecule has 0 aliphatic carbocycles. The first-order valence-corrected chi connectivity index (χ1v) is 6.75. The number of carbonyl (C=O) groups is 1. The highest BCUT2D eigenvalue weighted by Crippen LogP contribution is 2.20. The molecule has 1 N–H and O–H groups in total. The van der Waals surface area contributed by atoms with Gasteiger partial charge in [0.2, 0.25) is 0 Å². The molecule has 104 valence electrons. The van der Waals surface area contributed by atoms with E-state index in [-0.39, 0.29) is 17.2 Å². The van der Waals surface area contributed by atoms with Crippen molar-refractivity contribution in [2.24, 2.45) is 0 Å². The third-order valence-electron chi connectivity index (χ3n) is 2.84. The average molecular weight is 338 g/mol. The van der Waals surface area contributed by atoms with E-state index in [0.717, 1.165) is 5.56 Å². The summed E-state index contributed by atoms with van der Waals surface area (Å²) in [5.74, 6) is -0.600. The highest BCUT2D eigenvalue weighted by Gasteiger charge is 2.16. The maximum Gasteiger partial charge on any atom is 0.255 e. The molecule has 1 amide bonds. The monoisotopic (exact) mass is 337 g/mol. The van der Waals surface area contributed by atoms with Gasteiger partial charge in [-0.3, -0.25) is 4.79 Å². The maximum absolute atomic E-state index is 13.2. The van der Waals surface area contributed by atoms with Crippen molar-refractivity contribution in [3.05, 3.63) is 63.9 Å². The van der Waals surface area contributed by atoms with Gasteiger partial charge in [-0.1, -0.05) is 12.1 Å². The fourth-order valence-corrected chi connectivity index (χ4v) is 2.28. The van der Waals surface area contributed by atoms with Crippen molar-refractivity contribution in [2.75, 3.05) is 7.05 Å². The second-order valence-corrected chi connectivity index (χ2v) is 5.31. The molecule has 5 heteroatoms. The third kappa shape index (κ3) is 3.36. The van der Waals surface area contributed by atoms with Crippen LogP contribution in [0, 0.1) is 5.82 Å². The Kier molecular flexibility index (Phi) is 4.39. The molecule has 0 saturated carbocycles. The van der Waals surface area contributed by atoms with Crippen molar-refractivity contribution in [1.82, 2.24) is 4.90 Å². The van der Waals surface area contributed by atoms with E-state index in [9.17, 15) is 14.3 Å². The quantitative estimate of drug-likeness (QED) is 0.930. The van der Waals surface area contributed by atoms with Crippen molar-refractivity contribution in [3.8, 4) is 5.75 Å². The first-order valence-electron chi connectivity index (χ1n) is 5.96. The van der Waals surface area contributed by atoms with Gasteiger partial charge < -0.3 is 10.0 Å². The summed E-state index contributed by atoms with van der Waals surface area (Å²) in [7, 11) is 1.63. The number of nitrogens with zero attached hydrogens (tertiary/aromatic N) is 1. The molecule has 0 saturated heterocycles. The van der Waals surface area contributed by atoms with E-state index in [1.54, 1.807) is 25.2 Å². The Morgan fingerprint density at radius 3 is 2.75 bits per heavy atom. The lowest BCUT2D eigenvalue weighted by atomic mass is 10.1. The van der Waals surface area contributed by atoms with Crippen LogP contribution in [0.1, 0.15) is 15.9 Å². The summed E-state index contributed by atoms with van der Waals surface area (Å²) >= 11 is 3.24. The number of hydrogen-bond donors (Lipinski definition) is 1. The number of carbonyl (C=O) groups excluding carboxylic acids is 1. The lowest BCUT2D eigenvalue weighted by molar-refractivity contribution is 0.0783. The number of benzene rings is 2. The molecule has 0 atom stereocenters. The minimum atomic E-state index is -0.456. The van der Waals surface area contributed by atoms with Crippen LogP contribution < -0.4 is 0 Å². The summed E-state index contributed by atoms with van der Waals surface area (Å²) in [5, 5.41) is 9.40. The van der Waals surface area contributed by atoms with E-state index in [2.05, 4.69) is 15.9 Å². The van der Waals surface area contributed by atoms with Gasteiger partial charge in [0.1, 0.15) is 11.6 Å². The molecule has 0 bridgehead atoms. The van der Waals surface area contributed by atoms with Gasteiger partial charge in [-0.15, -0.1) is 0 Å². The number of phenolic OH excluding ortho intramolecular Hbond substituents is 1. The molecule has 0 aliphatic rings. The van der Waals surface area contributed by atoms with E-state index >= 15 is 0 Å². The van der Waals surface area contributed by atoms with Crippen LogP contribution in [0.25, 0.3) is 0 Å². The molecule has 0 aromatic heterocycles. The number of rotatable bonds is 3. The van der Waals surface area contributed by atoms with Gasteiger partial charge in [0.05, 0.1) is 5.56 Å². The third-order valence-corrected chi connectivity index (χ3v) is 3.53. The molecule has 0 heterocycles. The molecule has 2 aromatic carbocycles. The van der Waals surface area contributed by atoms with Gasteiger partial charge in [0, 0.05) is 18.1 Å². The zero-order valence-corrected chi connectivity index (χ0v) is 12.4. The SMILES string of the molecule is CN(Cc1cccc(O)c1)C(=O)c1cc(F)ccc1Br.